The number of rotatable bonds is 7. The van der Waals surface area contributed by atoms with Crippen LogP contribution in [0.4, 0.5) is 11.4 Å². The minimum atomic E-state index is -3.33. The molecule has 0 fully saturated rings. The van der Waals surface area contributed by atoms with Gasteiger partial charge in [-0.05, 0) is 50.2 Å². The van der Waals surface area contributed by atoms with Crippen molar-refractivity contribution in [2.24, 2.45) is 0 Å². The summed E-state index contributed by atoms with van der Waals surface area (Å²) in [5.41, 5.74) is 1.48. The van der Waals surface area contributed by atoms with Crippen LogP contribution < -0.4 is 14.8 Å². The van der Waals surface area contributed by atoms with Crippen LogP contribution >= 0.6 is 0 Å². The van der Waals surface area contributed by atoms with Crippen molar-refractivity contribution in [2.45, 2.75) is 13.8 Å². The van der Waals surface area contributed by atoms with Gasteiger partial charge in [0.2, 0.25) is 10.0 Å². The molecule has 2 N–H and O–H groups in total. The summed E-state index contributed by atoms with van der Waals surface area (Å²) >= 11 is 0. The maximum atomic E-state index is 12.2. The first-order chi connectivity index (χ1) is 11.4. The Morgan fingerprint density at radius 1 is 1.04 bits per heavy atom. The van der Waals surface area contributed by atoms with E-state index in [1.807, 2.05) is 13.0 Å². The van der Waals surface area contributed by atoms with E-state index in [0.29, 0.717) is 29.3 Å². The molecule has 2 aromatic rings. The molecule has 2 rings (SSSR count). The van der Waals surface area contributed by atoms with Crippen LogP contribution in [0.2, 0.25) is 0 Å². The molecule has 7 heteroatoms. The van der Waals surface area contributed by atoms with Crippen LogP contribution in [0.15, 0.2) is 48.5 Å². The first-order valence-electron chi connectivity index (χ1n) is 7.58. The number of anilines is 2. The minimum absolute atomic E-state index is 0.00852. The average Bonchev–Trinajstić information content (AvgIpc) is 2.56. The third-order valence-electron chi connectivity index (χ3n) is 3.20. The van der Waals surface area contributed by atoms with Crippen LogP contribution in [0.1, 0.15) is 24.2 Å². The van der Waals surface area contributed by atoms with Gasteiger partial charge in [0, 0.05) is 23.0 Å². The molecule has 1 amide bonds. The van der Waals surface area contributed by atoms with Gasteiger partial charge >= 0.3 is 0 Å². The molecule has 0 aliphatic carbocycles. The zero-order valence-corrected chi connectivity index (χ0v) is 14.4. The zero-order valence-electron chi connectivity index (χ0n) is 13.6. The van der Waals surface area contributed by atoms with E-state index in [0.717, 1.165) is 0 Å². The lowest BCUT2D eigenvalue weighted by atomic mass is 10.2. The Morgan fingerprint density at radius 2 is 1.75 bits per heavy atom. The number of nitrogens with one attached hydrogen (secondary N) is 2. The van der Waals surface area contributed by atoms with Gasteiger partial charge in [0.15, 0.2) is 0 Å². The van der Waals surface area contributed by atoms with E-state index < -0.39 is 10.0 Å². The minimum Gasteiger partial charge on any atom is -0.494 e. The Bertz CT molecular complexity index is 802. The van der Waals surface area contributed by atoms with Crippen LogP contribution in [-0.2, 0) is 10.0 Å². The number of benzene rings is 2. The second kappa shape index (κ2) is 7.83. The number of ether oxygens (including phenoxy) is 1. The molecule has 0 aliphatic heterocycles. The number of hydrogen-bond acceptors (Lipinski definition) is 4. The first-order valence-corrected chi connectivity index (χ1v) is 9.23. The molecule has 0 spiro atoms. The maximum absolute atomic E-state index is 12.2. The zero-order chi connectivity index (χ0) is 17.6. The van der Waals surface area contributed by atoms with Crippen LogP contribution in [0, 0.1) is 0 Å². The molecular weight excluding hydrogens is 328 g/mol. The quantitative estimate of drug-likeness (QED) is 0.805. The lowest BCUT2D eigenvalue weighted by molar-refractivity contribution is 0.102. The van der Waals surface area contributed by atoms with E-state index in [-0.39, 0.29) is 11.7 Å². The summed E-state index contributed by atoms with van der Waals surface area (Å²) in [4.78, 5) is 12.2. The number of carbonyl (C=O) groups excluding carboxylic acids is 1. The third kappa shape index (κ3) is 4.99. The van der Waals surface area contributed by atoms with Crippen molar-refractivity contribution in [3.63, 3.8) is 0 Å². The van der Waals surface area contributed by atoms with Gasteiger partial charge in [-0.15, -0.1) is 0 Å². The molecule has 0 heterocycles. The second-order valence-electron chi connectivity index (χ2n) is 5.00. The topological polar surface area (TPSA) is 84.5 Å². The fourth-order valence-corrected chi connectivity index (χ4v) is 2.61. The highest BCUT2D eigenvalue weighted by molar-refractivity contribution is 7.92. The van der Waals surface area contributed by atoms with Crippen LogP contribution in [0.25, 0.3) is 0 Å². The number of carbonyl (C=O) groups is 1. The van der Waals surface area contributed by atoms with Crippen LogP contribution in [0.3, 0.4) is 0 Å². The number of sulfonamides is 1. The molecule has 0 saturated carbocycles. The van der Waals surface area contributed by atoms with Gasteiger partial charge in [0.25, 0.3) is 5.91 Å². The molecule has 6 nitrogen and oxygen atoms in total. The second-order valence-corrected chi connectivity index (χ2v) is 7.01. The van der Waals surface area contributed by atoms with Gasteiger partial charge in [-0.1, -0.05) is 6.07 Å². The fraction of sp³-hybridized carbons (Fsp3) is 0.235. The maximum Gasteiger partial charge on any atom is 0.255 e. The summed E-state index contributed by atoms with van der Waals surface area (Å²) in [5.74, 6) is 0.388. The Labute approximate surface area is 141 Å². The molecule has 0 aromatic heterocycles. The molecule has 128 valence electrons. The number of hydrogen-bond donors (Lipinski definition) is 2. The molecule has 0 radical (unpaired) electrons. The fourth-order valence-electron chi connectivity index (χ4n) is 1.97. The smallest absolute Gasteiger partial charge is 0.255 e. The van der Waals surface area contributed by atoms with E-state index >= 15 is 0 Å². The van der Waals surface area contributed by atoms with E-state index in [1.165, 1.54) is 0 Å². The Kier molecular flexibility index (Phi) is 5.81. The Balaban J connectivity index is 2.06. The molecule has 2 aromatic carbocycles. The highest BCUT2D eigenvalue weighted by atomic mass is 32.2. The lowest BCUT2D eigenvalue weighted by Crippen LogP contribution is -2.15. The summed E-state index contributed by atoms with van der Waals surface area (Å²) in [5, 5.41) is 2.78. The normalized spacial score (nSPS) is 10.9. The highest BCUT2D eigenvalue weighted by Crippen LogP contribution is 2.19. The van der Waals surface area contributed by atoms with Crippen molar-refractivity contribution in [3.8, 4) is 5.75 Å². The predicted octanol–water partition coefficient (Wildman–Crippen LogP) is 3.10. The van der Waals surface area contributed by atoms with Gasteiger partial charge in [-0.25, -0.2) is 8.42 Å². The molecule has 0 saturated heterocycles. The van der Waals surface area contributed by atoms with Gasteiger partial charge in [-0.2, -0.15) is 0 Å². The molecular formula is C17H20N2O4S. The van der Waals surface area contributed by atoms with E-state index in [9.17, 15) is 13.2 Å². The highest BCUT2D eigenvalue weighted by Gasteiger charge is 2.09. The summed E-state index contributed by atoms with van der Waals surface area (Å²) in [6.07, 6.45) is 0. The number of amides is 1. The van der Waals surface area contributed by atoms with Crippen molar-refractivity contribution in [1.82, 2.24) is 0 Å². The summed E-state index contributed by atoms with van der Waals surface area (Å²) in [6.45, 7) is 3.99. The summed E-state index contributed by atoms with van der Waals surface area (Å²) < 4.78 is 30.8. The van der Waals surface area contributed by atoms with Gasteiger partial charge in [0.1, 0.15) is 5.75 Å². The SMILES string of the molecule is CCOc1cccc(NC(=O)c2ccc(NS(=O)(=O)CC)cc2)c1. The monoisotopic (exact) mass is 348 g/mol. The molecule has 0 bridgehead atoms. The van der Waals surface area contributed by atoms with E-state index in [2.05, 4.69) is 10.0 Å². The Hall–Kier alpha value is -2.54. The van der Waals surface area contributed by atoms with Crippen molar-refractivity contribution >= 4 is 27.3 Å². The first kappa shape index (κ1) is 17.8. The molecule has 0 atom stereocenters. The van der Waals surface area contributed by atoms with E-state index in [1.54, 1.807) is 49.4 Å². The van der Waals surface area contributed by atoms with E-state index in [4.69, 9.17) is 4.74 Å². The Morgan fingerprint density at radius 3 is 2.38 bits per heavy atom. The van der Waals surface area contributed by atoms with Crippen molar-refractivity contribution in [3.05, 3.63) is 54.1 Å². The van der Waals surface area contributed by atoms with Gasteiger partial charge in [-0.3, -0.25) is 9.52 Å². The predicted molar refractivity (Wildman–Crippen MR) is 95.1 cm³/mol. The average molecular weight is 348 g/mol. The molecule has 0 unspecified atom stereocenters. The molecule has 24 heavy (non-hydrogen) atoms. The largest absolute Gasteiger partial charge is 0.494 e. The van der Waals surface area contributed by atoms with Crippen molar-refractivity contribution in [2.75, 3.05) is 22.4 Å². The summed E-state index contributed by atoms with van der Waals surface area (Å²) in [7, 11) is -3.33. The van der Waals surface area contributed by atoms with Gasteiger partial charge in [0.05, 0.1) is 12.4 Å². The van der Waals surface area contributed by atoms with Gasteiger partial charge < -0.3 is 10.1 Å². The van der Waals surface area contributed by atoms with Crippen molar-refractivity contribution < 1.29 is 17.9 Å². The third-order valence-corrected chi connectivity index (χ3v) is 4.51. The van der Waals surface area contributed by atoms with Crippen LogP contribution in [-0.4, -0.2) is 26.7 Å². The summed E-state index contributed by atoms with van der Waals surface area (Å²) in [6, 6.07) is 13.4. The standard InChI is InChI=1S/C17H20N2O4S/c1-3-23-16-7-5-6-15(12-16)18-17(20)13-8-10-14(11-9-13)19-24(21,22)4-2/h5-12,19H,3-4H2,1-2H3,(H,18,20). The van der Waals surface area contributed by atoms with Crippen molar-refractivity contribution in [1.29, 1.82) is 0 Å². The van der Waals surface area contributed by atoms with Crippen LogP contribution in [0.5, 0.6) is 5.75 Å². The lowest BCUT2D eigenvalue weighted by Gasteiger charge is -2.09. The molecule has 0 aliphatic rings.